The minimum absolute atomic E-state index is 0.223. The van der Waals surface area contributed by atoms with E-state index in [1.165, 1.54) is 0 Å². The first kappa shape index (κ1) is 15.4. The van der Waals surface area contributed by atoms with Crippen LogP contribution in [0.3, 0.4) is 0 Å². The SMILES string of the molecule is CCOc1ccc(C(N)c2cc(Cl)ccc2C)c(Br)c1. The number of hydrogen-bond donors (Lipinski definition) is 1. The molecule has 1 unspecified atom stereocenters. The van der Waals surface area contributed by atoms with Crippen molar-refractivity contribution in [2.45, 2.75) is 19.9 Å². The molecule has 0 saturated carbocycles. The Morgan fingerprint density at radius 1 is 1.20 bits per heavy atom. The maximum Gasteiger partial charge on any atom is 0.120 e. The van der Waals surface area contributed by atoms with Gasteiger partial charge in [0.25, 0.3) is 0 Å². The molecule has 0 bridgehead atoms. The van der Waals surface area contributed by atoms with Gasteiger partial charge in [0.2, 0.25) is 0 Å². The molecule has 0 aliphatic carbocycles. The van der Waals surface area contributed by atoms with E-state index in [-0.39, 0.29) is 6.04 Å². The summed E-state index contributed by atoms with van der Waals surface area (Å²) in [6.45, 7) is 4.64. The summed E-state index contributed by atoms with van der Waals surface area (Å²) < 4.78 is 6.42. The zero-order valence-electron chi connectivity index (χ0n) is 11.5. The molecule has 2 aromatic rings. The predicted molar refractivity (Wildman–Crippen MR) is 87.5 cm³/mol. The molecule has 0 aliphatic heterocycles. The lowest BCUT2D eigenvalue weighted by Crippen LogP contribution is -2.14. The largest absolute Gasteiger partial charge is 0.494 e. The Morgan fingerprint density at radius 3 is 2.60 bits per heavy atom. The molecule has 106 valence electrons. The molecule has 20 heavy (non-hydrogen) atoms. The molecule has 0 aromatic heterocycles. The first-order valence-corrected chi connectivity index (χ1v) is 7.64. The van der Waals surface area contributed by atoms with E-state index >= 15 is 0 Å². The Kier molecular flexibility index (Phi) is 5.08. The number of nitrogens with two attached hydrogens (primary N) is 1. The number of halogens is 2. The van der Waals surface area contributed by atoms with Crippen LogP contribution in [0.2, 0.25) is 5.02 Å². The van der Waals surface area contributed by atoms with Gasteiger partial charge in [-0.15, -0.1) is 0 Å². The van der Waals surface area contributed by atoms with Crippen molar-refractivity contribution in [3.63, 3.8) is 0 Å². The Labute approximate surface area is 133 Å². The van der Waals surface area contributed by atoms with Crippen molar-refractivity contribution in [1.29, 1.82) is 0 Å². The molecule has 0 aliphatic rings. The van der Waals surface area contributed by atoms with Gasteiger partial charge in [0.15, 0.2) is 0 Å². The molecular formula is C16H17BrClNO. The van der Waals surface area contributed by atoms with E-state index in [1.807, 2.05) is 50.2 Å². The zero-order chi connectivity index (χ0) is 14.7. The van der Waals surface area contributed by atoms with Gasteiger partial charge in [0.1, 0.15) is 5.75 Å². The number of rotatable bonds is 4. The minimum Gasteiger partial charge on any atom is -0.494 e. The van der Waals surface area contributed by atoms with Crippen molar-refractivity contribution in [3.8, 4) is 5.75 Å². The number of hydrogen-bond acceptors (Lipinski definition) is 2. The summed E-state index contributed by atoms with van der Waals surface area (Å²) in [4.78, 5) is 0. The van der Waals surface area contributed by atoms with Gasteiger partial charge >= 0.3 is 0 Å². The van der Waals surface area contributed by atoms with Crippen molar-refractivity contribution in [2.75, 3.05) is 6.61 Å². The highest BCUT2D eigenvalue weighted by atomic mass is 79.9. The van der Waals surface area contributed by atoms with E-state index in [9.17, 15) is 0 Å². The molecule has 0 amide bonds. The van der Waals surface area contributed by atoms with Crippen molar-refractivity contribution < 1.29 is 4.74 Å². The molecule has 2 aromatic carbocycles. The summed E-state index contributed by atoms with van der Waals surface area (Å²) in [5.74, 6) is 0.832. The monoisotopic (exact) mass is 353 g/mol. The van der Waals surface area contributed by atoms with Crippen molar-refractivity contribution >= 4 is 27.5 Å². The Bertz CT molecular complexity index is 615. The predicted octanol–water partition coefficient (Wildman–Crippen LogP) is 4.86. The molecule has 2 rings (SSSR count). The van der Waals surface area contributed by atoms with E-state index in [2.05, 4.69) is 15.9 Å². The average Bonchev–Trinajstić information content (AvgIpc) is 2.41. The first-order valence-electron chi connectivity index (χ1n) is 6.46. The quantitative estimate of drug-likeness (QED) is 0.851. The number of aryl methyl sites for hydroxylation is 1. The van der Waals surface area contributed by atoms with Crippen LogP contribution < -0.4 is 10.5 Å². The van der Waals surface area contributed by atoms with Crippen molar-refractivity contribution in [1.82, 2.24) is 0 Å². The van der Waals surface area contributed by atoms with Gasteiger partial charge < -0.3 is 10.5 Å². The summed E-state index contributed by atoms with van der Waals surface area (Å²) in [5.41, 5.74) is 9.55. The van der Waals surface area contributed by atoms with E-state index < -0.39 is 0 Å². The fourth-order valence-corrected chi connectivity index (χ4v) is 2.92. The summed E-state index contributed by atoms with van der Waals surface area (Å²) in [5, 5.41) is 0.697. The zero-order valence-corrected chi connectivity index (χ0v) is 13.8. The average molecular weight is 355 g/mol. The van der Waals surface area contributed by atoms with Gasteiger partial charge in [-0.25, -0.2) is 0 Å². The van der Waals surface area contributed by atoms with Crippen LogP contribution in [-0.2, 0) is 0 Å². The molecule has 2 nitrogen and oxygen atoms in total. The third-order valence-electron chi connectivity index (χ3n) is 3.19. The summed E-state index contributed by atoms with van der Waals surface area (Å²) in [6.07, 6.45) is 0. The number of ether oxygens (including phenoxy) is 1. The van der Waals surface area contributed by atoms with Crippen LogP contribution in [0.15, 0.2) is 40.9 Å². The fourth-order valence-electron chi connectivity index (χ4n) is 2.13. The molecule has 0 heterocycles. The second-order valence-electron chi connectivity index (χ2n) is 4.59. The lowest BCUT2D eigenvalue weighted by Gasteiger charge is -2.18. The molecule has 0 spiro atoms. The van der Waals surface area contributed by atoms with E-state index in [4.69, 9.17) is 22.1 Å². The Balaban J connectivity index is 2.38. The standard InChI is InChI=1S/C16H17BrClNO/c1-3-20-12-6-7-13(15(17)9-12)16(19)14-8-11(18)5-4-10(14)2/h4-9,16H,3,19H2,1-2H3. The summed E-state index contributed by atoms with van der Waals surface area (Å²) >= 11 is 9.63. The third-order valence-corrected chi connectivity index (χ3v) is 4.12. The van der Waals surface area contributed by atoms with E-state index in [1.54, 1.807) is 0 Å². The first-order chi connectivity index (χ1) is 9.52. The Morgan fingerprint density at radius 2 is 1.95 bits per heavy atom. The van der Waals surface area contributed by atoms with Crippen LogP contribution in [-0.4, -0.2) is 6.61 Å². The maximum absolute atomic E-state index is 6.38. The van der Waals surface area contributed by atoms with Gasteiger partial charge in [-0.1, -0.05) is 39.7 Å². The second-order valence-corrected chi connectivity index (χ2v) is 5.89. The normalized spacial score (nSPS) is 12.2. The van der Waals surface area contributed by atoms with Crippen LogP contribution in [0.4, 0.5) is 0 Å². The molecule has 1 atom stereocenters. The van der Waals surface area contributed by atoms with E-state index in [0.29, 0.717) is 11.6 Å². The van der Waals surface area contributed by atoms with Crippen molar-refractivity contribution in [3.05, 3.63) is 62.6 Å². The van der Waals surface area contributed by atoms with Crippen LogP contribution in [0.25, 0.3) is 0 Å². The molecule has 0 radical (unpaired) electrons. The molecule has 2 N–H and O–H groups in total. The molecule has 4 heteroatoms. The molecular weight excluding hydrogens is 338 g/mol. The van der Waals surface area contributed by atoms with Crippen LogP contribution in [0.1, 0.15) is 29.7 Å². The smallest absolute Gasteiger partial charge is 0.120 e. The molecule has 0 saturated heterocycles. The fraction of sp³-hybridized carbons (Fsp3) is 0.250. The van der Waals surface area contributed by atoms with Gasteiger partial charge in [-0.2, -0.15) is 0 Å². The van der Waals surface area contributed by atoms with Crippen LogP contribution in [0, 0.1) is 6.92 Å². The lowest BCUT2D eigenvalue weighted by atomic mass is 9.96. The topological polar surface area (TPSA) is 35.2 Å². The Hall–Kier alpha value is -1.03. The van der Waals surface area contributed by atoms with Crippen molar-refractivity contribution in [2.24, 2.45) is 5.73 Å². The minimum atomic E-state index is -0.223. The summed E-state index contributed by atoms with van der Waals surface area (Å²) in [6, 6.07) is 11.4. The third kappa shape index (κ3) is 3.35. The highest BCUT2D eigenvalue weighted by Gasteiger charge is 2.15. The van der Waals surface area contributed by atoms with Gasteiger partial charge in [0.05, 0.1) is 12.6 Å². The highest BCUT2D eigenvalue weighted by Crippen LogP contribution is 2.32. The molecule has 0 fully saturated rings. The van der Waals surface area contributed by atoms with Gasteiger partial charge in [0, 0.05) is 9.50 Å². The van der Waals surface area contributed by atoms with Crippen LogP contribution in [0.5, 0.6) is 5.75 Å². The number of benzene rings is 2. The van der Waals surface area contributed by atoms with Crippen LogP contribution >= 0.6 is 27.5 Å². The van der Waals surface area contributed by atoms with E-state index in [0.717, 1.165) is 26.9 Å². The highest BCUT2D eigenvalue weighted by molar-refractivity contribution is 9.10. The van der Waals surface area contributed by atoms with Gasteiger partial charge in [-0.05, 0) is 54.8 Å². The maximum atomic E-state index is 6.38. The van der Waals surface area contributed by atoms with Gasteiger partial charge in [-0.3, -0.25) is 0 Å². The second kappa shape index (κ2) is 6.61. The summed E-state index contributed by atoms with van der Waals surface area (Å²) in [7, 11) is 0. The lowest BCUT2D eigenvalue weighted by molar-refractivity contribution is 0.340.